The van der Waals surface area contributed by atoms with Crippen LogP contribution in [0.5, 0.6) is 11.5 Å². The van der Waals surface area contributed by atoms with E-state index in [1.165, 1.54) is 0 Å². The molecule has 0 aliphatic carbocycles. The molecule has 0 saturated carbocycles. The highest BCUT2D eigenvalue weighted by atomic mass is 16.5. The number of benzene rings is 2. The number of hydrogen-bond donors (Lipinski definition) is 1. The molecule has 0 radical (unpaired) electrons. The summed E-state index contributed by atoms with van der Waals surface area (Å²) in [6.07, 6.45) is 0. The van der Waals surface area contributed by atoms with Gasteiger partial charge in [0, 0.05) is 5.69 Å². The number of aryl methyl sites for hydroxylation is 1. The predicted molar refractivity (Wildman–Crippen MR) is 94.6 cm³/mol. The summed E-state index contributed by atoms with van der Waals surface area (Å²) in [7, 11) is 0. The van der Waals surface area contributed by atoms with Crippen molar-refractivity contribution in [3.05, 3.63) is 48.0 Å². The third-order valence-electron chi connectivity index (χ3n) is 3.97. The van der Waals surface area contributed by atoms with Crippen molar-refractivity contribution in [2.24, 2.45) is 0 Å². The lowest BCUT2D eigenvalue weighted by Gasteiger charge is -2.38. The molecular weight excluding hydrogens is 304 g/mol. The number of amides is 1. The summed E-state index contributed by atoms with van der Waals surface area (Å²) in [4.78, 5) is 14.4. The SMILES string of the molecule is Cc1cccc(OCCN2C(=O)C(C)(C)Oc3ccc(N)cc32)c1. The van der Waals surface area contributed by atoms with E-state index in [0.29, 0.717) is 30.3 Å². The lowest BCUT2D eigenvalue weighted by atomic mass is 10.0. The number of fused-ring (bicyclic) bond motifs is 1. The molecule has 5 heteroatoms. The van der Waals surface area contributed by atoms with Crippen LogP contribution in [-0.2, 0) is 4.79 Å². The standard InChI is InChI=1S/C19H22N2O3/c1-13-5-4-6-15(11-13)23-10-9-21-16-12-14(20)7-8-17(16)24-19(2,3)18(21)22/h4-8,11-12H,9-10,20H2,1-3H3. The van der Waals surface area contributed by atoms with Crippen molar-refractivity contribution in [3.63, 3.8) is 0 Å². The van der Waals surface area contributed by atoms with E-state index in [9.17, 15) is 4.79 Å². The van der Waals surface area contributed by atoms with E-state index < -0.39 is 5.60 Å². The lowest BCUT2D eigenvalue weighted by molar-refractivity contribution is -0.132. The minimum Gasteiger partial charge on any atom is -0.492 e. The zero-order valence-electron chi connectivity index (χ0n) is 14.2. The summed E-state index contributed by atoms with van der Waals surface area (Å²) < 4.78 is 11.6. The molecular formula is C19H22N2O3. The van der Waals surface area contributed by atoms with Crippen LogP contribution in [0.15, 0.2) is 42.5 Å². The molecule has 1 amide bonds. The van der Waals surface area contributed by atoms with Gasteiger partial charge in [-0.3, -0.25) is 4.79 Å². The minimum absolute atomic E-state index is 0.103. The smallest absolute Gasteiger partial charge is 0.270 e. The molecule has 1 aliphatic heterocycles. The molecule has 126 valence electrons. The van der Waals surface area contributed by atoms with E-state index in [2.05, 4.69) is 0 Å². The largest absolute Gasteiger partial charge is 0.492 e. The molecule has 0 fully saturated rings. The third kappa shape index (κ3) is 3.15. The Kier molecular flexibility index (Phi) is 4.09. The van der Waals surface area contributed by atoms with Gasteiger partial charge < -0.3 is 20.1 Å². The molecule has 0 spiro atoms. The number of carbonyl (C=O) groups is 1. The van der Waals surface area contributed by atoms with Crippen LogP contribution in [0.25, 0.3) is 0 Å². The van der Waals surface area contributed by atoms with Crippen LogP contribution in [0.3, 0.4) is 0 Å². The molecule has 1 aliphatic rings. The van der Waals surface area contributed by atoms with Gasteiger partial charge in [-0.2, -0.15) is 0 Å². The molecule has 0 bridgehead atoms. The Morgan fingerprint density at radius 1 is 1.21 bits per heavy atom. The zero-order chi connectivity index (χ0) is 17.3. The summed E-state index contributed by atoms with van der Waals surface area (Å²) in [6, 6.07) is 13.2. The third-order valence-corrected chi connectivity index (χ3v) is 3.97. The number of rotatable bonds is 4. The molecule has 24 heavy (non-hydrogen) atoms. The minimum atomic E-state index is -0.910. The number of anilines is 2. The van der Waals surface area contributed by atoms with Gasteiger partial charge in [0.25, 0.3) is 5.91 Å². The fraction of sp³-hybridized carbons (Fsp3) is 0.316. The Labute approximate surface area is 142 Å². The van der Waals surface area contributed by atoms with E-state index in [-0.39, 0.29) is 5.91 Å². The first-order valence-corrected chi connectivity index (χ1v) is 7.97. The second-order valence-corrected chi connectivity index (χ2v) is 6.46. The van der Waals surface area contributed by atoms with Crippen LogP contribution >= 0.6 is 0 Å². The molecule has 2 aromatic rings. The predicted octanol–water partition coefficient (Wildman–Crippen LogP) is 3.16. The first-order valence-electron chi connectivity index (χ1n) is 7.97. The van der Waals surface area contributed by atoms with Crippen molar-refractivity contribution in [2.45, 2.75) is 26.4 Å². The van der Waals surface area contributed by atoms with Gasteiger partial charge in [-0.1, -0.05) is 12.1 Å². The second kappa shape index (κ2) is 6.07. The summed E-state index contributed by atoms with van der Waals surface area (Å²) >= 11 is 0. The van der Waals surface area contributed by atoms with Crippen molar-refractivity contribution < 1.29 is 14.3 Å². The number of nitrogens with zero attached hydrogens (tertiary/aromatic N) is 1. The Morgan fingerprint density at radius 2 is 2.00 bits per heavy atom. The Balaban J connectivity index is 1.78. The quantitative estimate of drug-likeness (QED) is 0.877. The Hall–Kier alpha value is -2.69. The van der Waals surface area contributed by atoms with E-state index in [0.717, 1.165) is 11.3 Å². The van der Waals surface area contributed by atoms with Crippen molar-refractivity contribution in [1.29, 1.82) is 0 Å². The molecule has 0 saturated heterocycles. The highest BCUT2D eigenvalue weighted by Gasteiger charge is 2.40. The van der Waals surface area contributed by atoms with Gasteiger partial charge in [-0.15, -0.1) is 0 Å². The molecule has 1 heterocycles. The van der Waals surface area contributed by atoms with E-state index >= 15 is 0 Å². The fourth-order valence-corrected chi connectivity index (χ4v) is 2.77. The number of hydrogen-bond acceptors (Lipinski definition) is 4. The van der Waals surface area contributed by atoms with Gasteiger partial charge in [0.15, 0.2) is 5.60 Å². The zero-order valence-corrected chi connectivity index (χ0v) is 14.2. The molecule has 5 nitrogen and oxygen atoms in total. The van der Waals surface area contributed by atoms with Crippen LogP contribution in [-0.4, -0.2) is 24.7 Å². The molecule has 0 unspecified atom stereocenters. The van der Waals surface area contributed by atoms with Gasteiger partial charge in [0.1, 0.15) is 18.1 Å². The van der Waals surface area contributed by atoms with Gasteiger partial charge in [-0.25, -0.2) is 0 Å². The molecule has 2 aromatic carbocycles. The highest BCUT2D eigenvalue weighted by molar-refractivity contribution is 6.02. The van der Waals surface area contributed by atoms with Crippen LogP contribution in [0.1, 0.15) is 19.4 Å². The normalized spacial score (nSPS) is 15.6. The molecule has 0 atom stereocenters. The van der Waals surface area contributed by atoms with Gasteiger partial charge >= 0.3 is 0 Å². The van der Waals surface area contributed by atoms with E-state index in [4.69, 9.17) is 15.2 Å². The summed E-state index contributed by atoms with van der Waals surface area (Å²) in [5.41, 5.74) is 7.37. The number of nitrogen functional groups attached to an aromatic ring is 1. The van der Waals surface area contributed by atoms with Gasteiger partial charge in [-0.05, 0) is 56.7 Å². The van der Waals surface area contributed by atoms with Gasteiger partial charge in [0.05, 0.1) is 12.2 Å². The summed E-state index contributed by atoms with van der Waals surface area (Å²) in [6.45, 7) is 6.36. The van der Waals surface area contributed by atoms with Crippen LogP contribution in [0, 0.1) is 6.92 Å². The number of nitrogens with two attached hydrogens (primary N) is 1. The van der Waals surface area contributed by atoms with Crippen LogP contribution in [0.4, 0.5) is 11.4 Å². The van der Waals surface area contributed by atoms with Crippen molar-refractivity contribution in [2.75, 3.05) is 23.8 Å². The Bertz CT molecular complexity index is 771. The Morgan fingerprint density at radius 3 is 2.75 bits per heavy atom. The molecule has 0 aromatic heterocycles. The van der Waals surface area contributed by atoms with Crippen LogP contribution < -0.4 is 20.1 Å². The molecule has 2 N–H and O–H groups in total. The van der Waals surface area contributed by atoms with Crippen LogP contribution in [0.2, 0.25) is 0 Å². The number of carbonyl (C=O) groups excluding carboxylic acids is 1. The van der Waals surface area contributed by atoms with Crippen molar-refractivity contribution in [3.8, 4) is 11.5 Å². The first kappa shape index (κ1) is 16.2. The maximum absolute atomic E-state index is 12.7. The molecule has 3 rings (SSSR count). The topological polar surface area (TPSA) is 64.8 Å². The van der Waals surface area contributed by atoms with Gasteiger partial charge in [0.2, 0.25) is 0 Å². The summed E-state index contributed by atoms with van der Waals surface area (Å²) in [5, 5.41) is 0. The maximum atomic E-state index is 12.7. The van der Waals surface area contributed by atoms with E-state index in [1.807, 2.05) is 31.2 Å². The number of ether oxygens (including phenoxy) is 2. The lowest BCUT2D eigenvalue weighted by Crippen LogP contribution is -2.53. The van der Waals surface area contributed by atoms with Crippen molar-refractivity contribution in [1.82, 2.24) is 0 Å². The fourth-order valence-electron chi connectivity index (χ4n) is 2.77. The van der Waals surface area contributed by atoms with Crippen molar-refractivity contribution >= 4 is 17.3 Å². The second-order valence-electron chi connectivity index (χ2n) is 6.46. The van der Waals surface area contributed by atoms with E-state index in [1.54, 1.807) is 36.9 Å². The monoisotopic (exact) mass is 326 g/mol. The first-order chi connectivity index (χ1) is 11.4. The average Bonchev–Trinajstić information content (AvgIpc) is 2.52. The summed E-state index contributed by atoms with van der Waals surface area (Å²) in [5.74, 6) is 1.35. The average molecular weight is 326 g/mol. The maximum Gasteiger partial charge on any atom is 0.270 e. The highest BCUT2D eigenvalue weighted by Crippen LogP contribution is 2.38.